The van der Waals surface area contributed by atoms with E-state index in [-0.39, 0.29) is 6.10 Å². The first-order valence-electron chi connectivity index (χ1n) is 3.18. The Morgan fingerprint density at radius 2 is 2.56 bits per heavy atom. The molecular weight excluding hydrogens is 114 g/mol. The van der Waals surface area contributed by atoms with Crippen LogP contribution in [-0.2, 0) is 0 Å². The summed E-state index contributed by atoms with van der Waals surface area (Å²) in [6.07, 6.45) is 6.45. The van der Waals surface area contributed by atoms with Crippen LogP contribution >= 0.6 is 0 Å². The van der Waals surface area contributed by atoms with Gasteiger partial charge in [-0.1, -0.05) is 0 Å². The van der Waals surface area contributed by atoms with Gasteiger partial charge in [-0.3, -0.25) is 0 Å². The Labute approximate surface area is 55.3 Å². The monoisotopic (exact) mass is 125 g/mol. The van der Waals surface area contributed by atoms with Crippen molar-refractivity contribution in [3.05, 3.63) is 0 Å². The fourth-order valence-electron chi connectivity index (χ4n) is 1.10. The van der Waals surface area contributed by atoms with E-state index in [0.717, 1.165) is 12.8 Å². The van der Waals surface area contributed by atoms with Gasteiger partial charge in [0.1, 0.15) is 0 Å². The van der Waals surface area contributed by atoms with Crippen LogP contribution in [0.3, 0.4) is 0 Å². The van der Waals surface area contributed by atoms with Crippen LogP contribution in [-0.4, -0.2) is 23.8 Å². The number of aliphatic hydroxyl groups excluding tert-OH is 1. The van der Waals surface area contributed by atoms with E-state index in [1.807, 2.05) is 0 Å². The smallest absolute Gasteiger partial charge is 0.0679 e. The third-order valence-electron chi connectivity index (χ3n) is 1.56. The van der Waals surface area contributed by atoms with Crippen LogP contribution < -0.4 is 5.32 Å². The van der Waals surface area contributed by atoms with Crippen molar-refractivity contribution in [1.82, 2.24) is 5.32 Å². The molecule has 1 saturated heterocycles. The predicted molar refractivity (Wildman–Crippen MR) is 35.9 cm³/mol. The van der Waals surface area contributed by atoms with Crippen LogP contribution in [0.4, 0.5) is 0 Å². The maximum Gasteiger partial charge on any atom is 0.0679 e. The Hall–Kier alpha value is -0.520. The molecule has 2 nitrogen and oxygen atoms in total. The molecule has 1 rings (SSSR count). The van der Waals surface area contributed by atoms with E-state index >= 15 is 0 Å². The van der Waals surface area contributed by atoms with E-state index in [2.05, 4.69) is 11.2 Å². The van der Waals surface area contributed by atoms with E-state index < -0.39 is 0 Å². The van der Waals surface area contributed by atoms with Gasteiger partial charge in [0, 0.05) is 19.0 Å². The van der Waals surface area contributed by atoms with Gasteiger partial charge >= 0.3 is 0 Å². The molecule has 2 heteroatoms. The molecule has 0 bridgehead atoms. The van der Waals surface area contributed by atoms with E-state index in [9.17, 15) is 0 Å². The molecule has 0 amide bonds. The lowest BCUT2D eigenvalue weighted by Crippen LogP contribution is -2.20. The first-order valence-corrected chi connectivity index (χ1v) is 3.18. The minimum atomic E-state index is -0.177. The van der Waals surface area contributed by atoms with Crippen molar-refractivity contribution < 1.29 is 5.11 Å². The topological polar surface area (TPSA) is 32.3 Å². The standard InChI is InChI=1S/C7H11NO/c1-2-3-6-4-7(9)5-8-6/h1,6-9H,3-5H2. The second-order valence-electron chi connectivity index (χ2n) is 2.40. The number of aliphatic hydroxyl groups is 1. The molecule has 9 heavy (non-hydrogen) atoms. The molecule has 0 aromatic rings. The molecule has 0 aromatic heterocycles. The van der Waals surface area contributed by atoms with Crippen LogP contribution in [0.5, 0.6) is 0 Å². The Kier molecular flexibility index (Phi) is 2.10. The summed E-state index contributed by atoms with van der Waals surface area (Å²) in [7, 11) is 0. The summed E-state index contributed by atoms with van der Waals surface area (Å²) in [4.78, 5) is 0. The van der Waals surface area contributed by atoms with Gasteiger partial charge in [0.15, 0.2) is 0 Å². The largest absolute Gasteiger partial charge is 0.392 e. The zero-order chi connectivity index (χ0) is 6.69. The maximum atomic E-state index is 9.00. The molecule has 2 atom stereocenters. The predicted octanol–water partition coefficient (Wildman–Crippen LogP) is -0.268. The van der Waals surface area contributed by atoms with Crippen LogP contribution in [0.1, 0.15) is 12.8 Å². The minimum absolute atomic E-state index is 0.177. The number of rotatable bonds is 1. The summed E-state index contributed by atoms with van der Waals surface area (Å²) >= 11 is 0. The number of hydrogen-bond donors (Lipinski definition) is 2. The molecule has 2 unspecified atom stereocenters. The van der Waals surface area contributed by atoms with Gasteiger partial charge in [-0.25, -0.2) is 0 Å². The zero-order valence-corrected chi connectivity index (χ0v) is 5.30. The average Bonchev–Trinajstić information content (AvgIpc) is 2.17. The molecule has 1 aliphatic rings. The SMILES string of the molecule is C#CCC1CC(O)CN1. The Bertz CT molecular complexity index is 127. The summed E-state index contributed by atoms with van der Waals surface area (Å²) < 4.78 is 0. The summed E-state index contributed by atoms with van der Waals surface area (Å²) in [5.74, 6) is 2.56. The van der Waals surface area contributed by atoms with Crippen molar-refractivity contribution in [1.29, 1.82) is 0 Å². The molecule has 0 spiro atoms. The van der Waals surface area contributed by atoms with Crippen molar-refractivity contribution in [2.24, 2.45) is 0 Å². The van der Waals surface area contributed by atoms with Gasteiger partial charge in [-0.05, 0) is 6.42 Å². The summed E-state index contributed by atoms with van der Waals surface area (Å²) in [6, 6.07) is 0.352. The van der Waals surface area contributed by atoms with Gasteiger partial charge in [-0.15, -0.1) is 12.3 Å². The molecule has 1 aliphatic heterocycles. The molecule has 0 aliphatic carbocycles. The lowest BCUT2D eigenvalue weighted by Gasteiger charge is -2.01. The Morgan fingerprint density at radius 3 is 3.00 bits per heavy atom. The van der Waals surface area contributed by atoms with Crippen molar-refractivity contribution in [2.75, 3.05) is 6.54 Å². The normalized spacial score (nSPS) is 34.2. The maximum absolute atomic E-state index is 9.00. The highest BCUT2D eigenvalue weighted by Gasteiger charge is 2.20. The minimum Gasteiger partial charge on any atom is -0.392 e. The van der Waals surface area contributed by atoms with Crippen LogP contribution in [0, 0.1) is 12.3 Å². The van der Waals surface area contributed by atoms with Crippen LogP contribution in [0.15, 0.2) is 0 Å². The summed E-state index contributed by atoms with van der Waals surface area (Å²) in [5, 5.41) is 12.1. The van der Waals surface area contributed by atoms with Crippen molar-refractivity contribution in [2.45, 2.75) is 25.0 Å². The molecular formula is C7H11NO. The molecule has 0 saturated carbocycles. The second kappa shape index (κ2) is 2.86. The lowest BCUT2D eigenvalue weighted by atomic mass is 10.1. The lowest BCUT2D eigenvalue weighted by molar-refractivity contribution is 0.193. The number of β-amino-alcohol motifs (C(OH)–C–C–N with tert-alkyl or cyclic N) is 1. The number of nitrogens with one attached hydrogen (secondary N) is 1. The van der Waals surface area contributed by atoms with Gasteiger partial charge in [0.25, 0.3) is 0 Å². The molecule has 1 heterocycles. The summed E-state index contributed by atoms with van der Waals surface area (Å²) in [5.41, 5.74) is 0. The van der Waals surface area contributed by atoms with E-state index in [1.54, 1.807) is 0 Å². The third-order valence-corrected chi connectivity index (χ3v) is 1.56. The van der Waals surface area contributed by atoms with Gasteiger partial charge < -0.3 is 10.4 Å². The van der Waals surface area contributed by atoms with E-state index in [1.165, 1.54) is 0 Å². The van der Waals surface area contributed by atoms with Gasteiger partial charge in [0.05, 0.1) is 6.10 Å². The van der Waals surface area contributed by atoms with Gasteiger partial charge in [0.2, 0.25) is 0 Å². The Morgan fingerprint density at radius 1 is 1.78 bits per heavy atom. The Balaban J connectivity index is 2.24. The average molecular weight is 125 g/mol. The van der Waals surface area contributed by atoms with E-state index in [4.69, 9.17) is 11.5 Å². The van der Waals surface area contributed by atoms with Crippen LogP contribution in [0.25, 0.3) is 0 Å². The van der Waals surface area contributed by atoms with Crippen molar-refractivity contribution in [3.63, 3.8) is 0 Å². The first-order chi connectivity index (χ1) is 4.33. The van der Waals surface area contributed by atoms with Crippen molar-refractivity contribution >= 4 is 0 Å². The highest BCUT2D eigenvalue weighted by atomic mass is 16.3. The zero-order valence-electron chi connectivity index (χ0n) is 5.30. The molecule has 1 fully saturated rings. The summed E-state index contributed by atoms with van der Waals surface area (Å²) in [6.45, 7) is 0.701. The molecule has 50 valence electrons. The third kappa shape index (κ3) is 1.70. The first kappa shape index (κ1) is 6.60. The fourth-order valence-corrected chi connectivity index (χ4v) is 1.10. The quantitative estimate of drug-likeness (QED) is 0.473. The molecule has 2 N–H and O–H groups in total. The highest BCUT2D eigenvalue weighted by Crippen LogP contribution is 2.07. The van der Waals surface area contributed by atoms with E-state index in [0.29, 0.717) is 12.6 Å². The van der Waals surface area contributed by atoms with Gasteiger partial charge in [-0.2, -0.15) is 0 Å². The molecule has 0 radical (unpaired) electrons. The second-order valence-corrected chi connectivity index (χ2v) is 2.40. The fraction of sp³-hybridized carbons (Fsp3) is 0.714. The number of hydrogen-bond acceptors (Lipinski definition) is 2. The molecule has 0 aromatic carbocycles. The van der Waals surface area contributed by atoms with Crippen LogP contribution in [0.2, 0.25) is 0 Å². The van der Waals surface area contributed by atoms with Crippen molar-refractivity contribution in [3.8, 4) is 12.3 Å². The highest BCUT2D eigenvalue weighted by molar-refractivity contribution is 4.93. The number of terminal acetylenes is 1.